The smallest absolute Gasteiger partial charge is 0.314 e. The lowest BCUT2D eigenvalue weighted by Crippen LogP contribution is -2.32. The fourth-order valence-electron chi connectivity index (χ4n) is 3.59. The Hall–Kier alpha value is -1.71. The van der Waals surface area contributed by atoms with Gasteiger partial charge in [0.2, 0.25) is 0 Å². The summed E-state index contributed by atoms with van der Waals surface area (Å²) in [6, 6.07) is 3.77. The number of carboxylic acids is 1. The first-order chi connectivity index (χ1) is 9.06. The SMILES string of the molecule is CN1CCc2c1ccc(C1(C(=O)O)CCCC1)c2O. The van der Waals surface area contributed by atoms with E-state index in [1.807, 2.05) is 19.2 Å². The molecule has 1 heterocycles. The number of likely N-dealkylation sites (N-methyl/N-ethyl adjacent to an activating group) is 1. The van der Waals surface area contributed by atoms with Crippen LogP contribution in [0.1, 0.15) is 36.8 Å². The maximum Gasteiger partial charge on any atom is 0.314 e. The summed E-state index contributed by atoms with van der Waals surface area (Å²) in [5.74, 6) is -0.585. The molecule has 0 saturated heterocycles. The summed E-state index contributed by atoms with van der Waals surface area (Å²) in [7, 11) is 1.99. The quantitative estimate of drug-likeness (QED) is 0.857. The molecule has 4 heteroatoms. The number of carboxylic acid groups (broad SMARTS) is 1. The fraction of sp³-hybridized carbons (Fsp3) is 0.533. The number of aromatic hydroxyl groups is 1. The largest absolute Gasteiger partial charge is 0.507 e. The van der Waals surface area contributed by atoms with Crippen LogP contribution in [0, 0.1) is 0 Å². The second kappa shape index (κ2) is 4.15. The lowest BCUT2D eigenvalue weighted by Gasteiger charge is -2.26. The fourth-order valence-corrected chi connectivity index (χ4v) is 3.59. The number of fused-ring (bicyclic) bond motifs is 1. The molecular formula is C15H19NO3. The van der Waals surface area contributed by atoms with E-state index in [4.69, 9.17) is 0 Å². The number of anilines is 1. The third kappa shape index (κ3) is 1.62. The highest BCUT2D eigenvalue weighted by molar-refractivity contribution is 5.84. The van der Waals surface area contributed by atoms with Crippen LogP contribution in [-0.2, 0) is 16.6 Å². The summed E-state index contributed by atoms with van der Waals surface area (Å²) < 4.78 is 0. The molecule has 1 fully saturated rings. The van der Waals surface area contributed by atoms with Crippen molar-refractivity contribution in [3.05, 3.63) is 23.3 Å². The van der Waals surface area contributed by atoms with Gasteiger partial charge in [-0.3, -0.25) is 4.79 Å². The number of hydrogen-bond donors (Lipinski definition) is 2. The zero-order valence-electron chi connectivity index (χ0n) is 11.1. The van der Waals surface area contributed by atoms with E-state index in [0.29, 0.717) is 18.4 Å². The van der Waals surface area contributed by atoms with Gasteiger partial charge in [-0.2, -0.15) is 0 Å². The van der Waals surface area contributed by atoms with Crippen molar-refractivity contribution < 1.29 is 15.0 Å². The second-order valence-corrected chi connectivity index (χ2v) is 5.73. The van der Waals surface area contributed by atoms with E-state index in [9.17, 15) is 15.0 Å². The molecule has 1 aliphatic heterocycles. The average molecular weight is 261 g/mol. The van der Waals surface area contributed by atoms with Gasteiger partial charge in [0.15, 0.2) is 0 Å². The van der Waals surface area contributed by atoms with Crippen LogP contribution in [0.3, 0.4) is 0 Å². The lowest BCUT2D eigenvalue weighted by atomic mass is 9.77. The van der Waals surface area contributed by atoms with E-state index in [1.54, 1.807) is 0 Å². The van der Waals surface area contributed by atoms with Crippen molar-refractivity contribution in [2.45, 2.75) is 37.5 Å². The van der Waals surface area contributed by atoms with Crippen molar-refractivity contribution in [1.29, 1.82) is 0 Å². The van der Waals surface area contributed by atoms with E-state index >= 15 is 0 Å². The van der Waals surface area contributed by atoms with Crippen molar-refractivity contribution in [1.82, 2.24) is 0 Å². The van der Waals surface area contributed by atoms with Crippen LogP contribution in [-0.4, -0.2) is 29.8 Å². The molecule has 0 amide bonds. The zero-order chi connectivity index (χ0) is 13.6. The van der Waals surface area contributed by atoms with Gasteiger partial charge >= 0.3 is 5.97 Å². The highest BCUT2D eigenvalue weighted by atomic mass is 16.4. The van der Waals surface area contributed by atoms with Gasteiger partial charge in [0, 0.05) is 30.4 Å². The van der Waals surface area contributed by atoms with Gasteiger partial charge in [0.05, 0.1) is 5.41 Å². The van der Waals surface area contributed by atoms with Gasteiger partial charge in [-0.15, -0.1) is 0 Å². The molecule has 0 bridgehead atoms. The molecule has 2 aliphatic rings. The van der Waals surface area contributed by atoms with Crippen LogP contribution in [0.5, 0.6) is 5.75 Å². The number of phenolic OH excluding ortho intramolecular Hbond substituents is 1. The summed E-state index contributed by atoms with van der Waals surface area (Å²) >= 11 is 0. The van der Waals surface area contributed by atoms with Crippen LogP contribution >= 0.6 is 0 Å². The van der Waals surface area contributed by atoms with Gasteiger partial charge in [0.1, 0.15) is 5.75 Å². The number of benzene rings is 1. The third-order valence-corrected chi connectivity index (χ3v) is 4.75. The molecule has 19 heavy (non-hydrogen) atoms. The second-order valence-electron chi connectivity index (χ2n) is 5.73. The van der Waals surface area contributed by atoms with Crippen LogP contribution < -0.4 is 4.90 Å². The molecule has 1 saturated carbocycles. The Morgan fingerprint density at radius 1 is 1.32 bits per heavy atom. The molecule has 0 unspecified atom stereocenters. The zero-order valence-corrected chi connectivity index (χ0v) is 11.1. The first-order valence-electron chi connectivity index (χ1n) is 6.86. The molecular weight excluding hydrogens is 242 g/mol. The first-order valence-corrected chi connectivity index (χ1v) is 6.86. The summed E-state index contributed by atoms with van der Waals surface area (Å²) in [6.45, 7) is 0.881. The molecule has 1 aliphatic carbocycles. The maximum atomic E-state index is 11.7. The number of nitrogens with zero attached hydrogens (tertiary/aromatic N) is 1. The Bertz CT molecular complexity index is 532. The predicted octanol–water partition coefficient (Wildman–Crippen LogP) is 2.28. The first kappa shape index (κ1) is 12.3. The molecule has 0 radical (unpaired) electrons. The Kier molecular flexibility index (Phi) is 2.69. The van der Waals surface area contributed by atoms with Crippen LogP contribution in [0.25, 0.3) is 0 Å². The molecule has 0 atom stereocenters. The Balaban J connectivity index is 2.14. The van der Waals surface area contributed by atoms with Gasteiger partial charge < -0.3 is 15.1 Å². The van der Waals surface area contributed by atoms with Gasteiger partial charge in [-0.05, 0) is 25.3 Å². The van der Waals surface area contributed by atoms with Crippen molar-refractivity contribution in [3.63, 3.8) is 0 Å². The van der Waals surface area contributed by atoms with Crippen molar-refractivity contribution >= 4 is 11.7 Å². The van der Waals surface area contributed by atoms with E-state index < -0.39 is 11.4 Å². The van der Waals surface area contributed by atoms with Crippen molar-refractivity contribution in [2.75, 3.05) is 18.5 Å². The molecule has 102 valence electrons. The lowest BCUT2D eigenvalue weighted by molar-refractivity contribution is -0.143. The molecule has 1 aromatic carbocycles. The maximum absolute atomic E-state index is 11.7. The van der Waals surface area contributed by atoms with Gasteiger partial charge in [-0.25, -0.2) is 0 Å². The minimum atomic E-state index is -0.875. The van der Waals surface area contributed by atoms with Crippen molar-refractivity contribution in [3.8, 4) is 5.75 Å². The molecule has 4 nitrogen and oxygen atoms in total. The summed E-state index contributed by atoms with van der Waals surface area (Å²) in [5.41, 5.74) is 1.68. The van der Waals surface area contributed by atoms with E-state index in [2.05, 4.69) is 4.90 Å². The Morgan fingerprint density at radius 3 is 2.63 bits per heavy atom. The number of rotatable bonds is 2. The van der Waals surface area contributed by atoms with Crippen molar-refractivity contribution in [2.24, 2.45) is 0 Å². The number of carbonyl (C=O) groups is 1. The van der Waals surface area contributed by atoms with Gasteiger partial charge in [0.25, 0.3) is 0 Å². The van der Waals surface area contributed by atoms with E-state index in [-0.39, 0.29) is 5.75 Å². The summed E-state index contributed by atoms with van der Waals surface area (Å²) in [5, 5.41) is 20.1. The number of aliphatic carboxylic acids is 1. The minimum Gasteiger partial charge on any atom is -0.507 e. The monoisotopic (exact) mass is 261 g/mol. The highest BCUT2D eigenvalue weighted by Gasteiger charge is 2.45. The molecule has 3 rings (SSSR count). The summed E-state index contributed by atoms with van der Waals surface area (Å²) in [6.07, 6.45) is 3.89. The minimum absolute atomic E-state index is 0.214. The molecule has 2 N–H and O–H groups in total. The Morgan fingerprint density at radius 2 is 2.00 bits per heavy atom. The third-order valence-electron chi connectivity index (χ3n) is 4.75. The van der Waals surface area contributed by atoms with Crippen LogP contribution in [0.15, 0.2) is 12.1 Å². The Labute approximate surface area is 112 Å². The number of hydrogen-bond acceptors (Lipinski definition) is 3. The summed E-state index contributed by atoms with van der Waals surface area (Å²) in [4.78, 5) is 13.8. The van der Waals surface area contributed by atoms with Gasteiger partial charge in [-0.1, -0.05) is 18.9 Å². The molecule has 0 aromatic heterocycles. The van der Waals surface area contributed by atoms with E-state index in [0.717, 1.165) is 37.1 Å². The average Bonchev–Trinajstić information content (AvgIpc) is 2.99. The predicted molar refractivity (Wildman–Crippen MR) is 72.9 cm³/mol. The molecule has 1 aromatic rings. The van der Waals surface area contributed by atoms with E-state index in [1.165, 1.54) is 0 Å². The number of phenols is 1. The normalized spacial score (nSPS) is 20.6. The van der Waals surface area contributed by atoms with Crippen LogP contribution in [0.2, 0.25) is 0 Å². The molecule has 0 spiro atoms. The topological polar surface area (TPSA) is 60.8 Å². The standard InChI is InChI=1S/C15H19NO3/c1-16-9-6-10-12(16)5-4-11(13(10)17)15(14(18)19)7-2-3-8-15/h4-5,17H,2-3,6-9H2,1H3,(H,18,19). The van der Waals surface area contributed by atoms with Crippen LogP contribution in [0.4, 0.5) is 5.69 Å². The highest BCUT2D eigenvalue weighted by Crippen LogP contribution is 2.48.